The fourth-order valence-corrected chi connectivity index (χ4v) is 3.78. The van der Waals surface area contributed by atoms with Crippen molar-refractivity contribution in [3.63, 3.8) is 0 Å². The van der Waals surface area contributed by atoms with Crippen LogP contribution in [0.4, 0.5) is 0 Å². The molecule has 4 unspecified atom stereocenters. The van der Waals surface area contributed by atoms with Crippen molar-refractivity contribution < 1.29 is 9.84 Å². The van der Waals surface area contributed by atoms with Gasteiger partial charge in [-0.3, -0.25) is 0 Å². The van der Waals surface area contributed by atoms with Crippen molar-refractivity contribution in [2.45, 2.75) is 38.2 Å². The van der Waals surface area contributed by atoms with Crippen LogP contribution in [-0.2, 0) is 6.42 Å². The van der Waals surface area contributed by atoms with Crippen LogP contribution in [0.25, 0.3) is 0 Å². The Labute approximate surface area is 103 Å². The monoisotopic (exact) mass is 232 g/mol. The third-order valence-electron chi connectivity index (χ3n) is 4.73. The summed E-state index contributed by atoms with van der Waals surface area (Å²) in [6.07, 6.45) is 3.23. The number of hydrogen-bond acceptors (Lipinski definition) is 2. The van der Waals surface area contributed by atoms with E-state index in [1.807, 2.05) is 0 Å². The summed E-state index contributed by atoms with van der Waals surface area (Å²) in [5.74, 6) is 2.44. The summed E-state index contributed by atoms with van der Waals surface area (Å²) < 4.78 is 5.32. The quantitative estimate of drug-likeness (QED) is 0.849. The minimum Gasteiger partial charge on any atom is -0.497 e. The largest absolute Gasteiger partial charge is 0.497 e. The molecule has 1 aromatic rings. The van der Waals surface area contributed by atoms with Crippen LogP contribution in [0.5, 0.6) is 5.75 Å². The van der Waals surface area contributed by atoms with Crippen LogP contribution in [0.15, 0.2) is 18.2 Å². The SMILES string of the molecule is CCC1C(O)C2CCc3ccc(OC)cc3C12. The van der Waals surface area contributed by atoms with E-state index in [2.05, 4.69) is 25.1 Å². The normalized spacial score (nSPS) is 34.5. The lowest BCUT2D eigenvalue weighted by molar-refractivity contribution is -0.0751. The zero-order valence-electron chi connectivity index (χ0n) is 10.5. The summed E-state index contributed by atoms with van der Waals surface area (Å²) in [5, 5.41) is 10.1. The highest BCUT2D eigenvalue weighted by molar-refractivity contribution is 5.42. The van der Waals surface area contributed by atoms with Gasteiger partial charge in [-0.15, -0.1) is 0 Å². The zero-order valence-corrected chi connectivity index (χ0v) is 10.5. The van der Waals surface area contributed by atoms with E-state index in [0.29, 0.717) is 17.8 Å². The number of aryl methyl sites for hydroxylation is 1. The molecular formula is C15H20O2. The molecule has 2 heteroatoms. The lowest BCUT2D eigenvalue weighted by Gasteiger charge is -2.52. The van der Waals surface area contributed by atoms with Gasteiger partial charge in [0.2, 0.25) is 0 Å². The number of benzene rings is 1. The molecule has 0 saturated heterocycles. The Morgan fingerprint density at radius 3 is 2.94 bits per heavy atom. The maximum absolute atomic E-state index is 10.1. The predicted molar refractivity (Wildman–Crippen MR) is 67.3 cm³/mol. The number of aliphatic hydroxyl groups is 1. The zero-order chi connectivity index (χ0) is 12.0. The summed E-state index contributed by atoms with van der Waals surface area (Å²) in [7, 11) is 1.72. The Morgan fingerprint density at radius 2 is 2.24 bits per heavy atom. The summed E-state index contributed by atoms with van der Waals surface area (Å²) in [4.78, 5) is 0. The Hall–Kier alpha value is -1.02. The second-order valence-electron chi connectivity index (χ2n) is 5.36. The summed E-state index contributed by atoms with van der Waals surface area (Å²) in [6.45, 7) is 2.18. The molecule has 3 rings (SSSR count). The molecule has 4 atom stereocenters. The van der Waals surface area contributed by atoms with E-state index >= 15 is 0 Å². The first-order valence-electron chi connectivity index (χ1n) is 6.61. The summed E-state index contributed by atoms with van der Waals surface area (Å²) in [5.41, 5.74) is 2.88. The van der Waals surface area contributed by atoms with E-state index in [9.17, 15) is 5.11 Å². The van der Waals surface area contributed by atoms with E-state index in [4.69, 9.17) is 4.74 Å². The average molecular weight is 232 g/mol. The number of fused-ring (bicyclic) bond motifs is 3. The highest BCUT2D eigenvalue weighted by Crippen LogP contribution is 2.55. The van der Waals surface area contributed by atoms with Crippen molar-refractivity contribution in [2.24, 2.45) is 11.8 Å². The van der Waals surface area contributed by atoms with E-state index in [1.165, 1.54) is 11.1 Å². The van der Waals surface area contributed by atoms with Crippen LogP contribution in [0.1, 0.15) is 36.8 Å². The topological polar surface area (TPSA) is 29.5 Å². The van der Waals surface area contributed by atoms with Crippen LogP contribution >= 0.6 is 0 Å². The molecule has 0 aromatic heterocycles. The van der Waals surface area contributed by atoms with Crippen molar-refractivity contribution >= 4 is 0 Å². The van der Waals surface area contributed by atoms with E-state index in [-0.39, 0.29) is 6.10 Å². The maximum atomic E-state index is 10.1. The average Bonchev–Trinajstić information content (AvgIpc) is 2.37. The molecule has 17 heavy (non-hydrogen) atoms. The van der Waals surface area contributed by atoms with Gasteiger partial charge in [0.1, 0.15) is 5.75 Å². The molecular weight excluding hydrogens is 212 g/mol. The summed E-state index contributed by atoms with van der Waals surface area (Å²) >= 11 is 0. The van der Waals surface area contributed by atoms with Gasteiger partial charge < -0.3 is 9.84 Å². The molecule has 0 heterocycles. The van der Waals surface area contributed by atoms with E-state index in [0.717, 1.165) is 25.0 Å². The van der Waals surface area contributed by atoms with Gasteiger partial charge in [0.05, 0.1) is 13.2 Å². The van der Waals surface area contributed by atoms with E-state index in [1.54, 1.807) is 7.11 Å². The summed E-state index contributed by atoms with van der Waals surface area (Å²) in [6, 6.07) is 6.43. The number of ether oxygens (including phenoxy) is 1. The minimum absolute atomic E-state index is 0.0793. The van der Waals surface area contributed by atoms with Crippen LogP contribution in [0.2, 0.25) is 0 Å². The van der Waals surface area contributed by atoms with Gasteiger partial charge in [0.15, 0.2) is 0 Å². The Morgan fingerprint density at radius 1 is 1.41 bits per heavy atom. The number of rotatable bonds is 2. The molecule has 92 valence electrons. The Bertz CT molecular complexity index is 427. The van der Waals surface area contributed by atoms with Gasteiger partial charge in [-0.1, -0.05) is 19.4 Å². The Kier molecular flexibility index (Phi) is 2.62. The lowest BCUT2D eigenvalue weighted by atomic mass is 9.54. The maximum Gasteiger partial charge on any atom is 0.119 e. The molecule has 1 saturated carbocycles. The Balaban J connectivity index is 1.99. The smallest absolute Gasteiger partial charge is 0.119 e. The van der Waals surface area contributed by atoms with Crippen LogP contribution in [0, 0.1) is 11.8 Å². The second kappa shape index (κ2) is 4.02. The molecule has 2 aliphatic rings. The van der Waals surface area contributed by atoms with Crippen LogP contribution in [0.3, 0.4) is 0 Å². The minimum atomic E-state index is -0.0793. The van der Waals surface area contributed by atoms with Crippen molar-refractivity contribution in [1.29, 1.82) is 0 Å². The third-order valence-corrected chi connectivity index (χ3v) is 4.73. The first-order chi connectivity index (χ1) is 8.26. The predicted octanol–water partition coefficient (Wildman–Crippen LogP) is 2.74. The lowest BCUT2D eigenvalue weighted by Crippen LogP contribution is -2.51. The molecule has 2 nitrogen and oxygen atoms in total. The van der Waals surface area contributed by atoms with Crippen molar-refractivity contribution in [3.8, 4) is 5.75 Å². The van der Waals surface area contributed by atoms with Crippen molar-refractivity contribution in [3.05, 3.63) is 29.3 Å². The van der Waals surface area contributed by atoms with Crippen molar-refractivity contribution in [2.75, 3.05) is 7.11 Å². The molecule has 0 aliphatic heterocycles. The van der Waals surface area contributed by atoms with E-state index < -0.39 is 0 Å². The number of methoxy groups -OCH3 is 1. The molecule has 1 fully saturated rings. The molecule has 1 aromatic carbocycles. The van der Waals surface area contributed by atoms with Crippen molar-refractivity contribution in [1.82, 2.24) is 0 Å². The molecule has 2 aliphatic carbocycles. The number of hydrogen-bond donors (Lipinski definition) is 1. The first-order valence-corrected chi connectivity index (χ1v) is 6.61. The molecule has 0 spiro atoms. The third kappa shape index (κ3) is 1.50. The van der Waals surface area contributed by atoms with Gasteiger partial charge in [-0.05, 0) is 53.9 Å². The fraction of sp³-hybridized carbons (Fsp3) is 0.600. The highest BCUT2D eigenvalue weighted by Gasteiger charge is 2.50. The van der Waals surface area contributed by atoms with Crippen LogP contribution in [-0.4, -0.2) is 18.3 Å². The second-order valence-corrected chi connectivity index (χ2v) is 5.36. The highest BCUT2D eigenvalue weighted by atomic mass is 16.5. The fourth-order valence-electron chi connectivity index (χ4n) is 3.78. The van der Waals surface area contributed by atoms with Crippen LogP contribution < -0.4 is 4.74 Å². The first kappa shape index (κ1) is 11.1. The molecule has 0 amide bonds. The van der Waals surface area contributed by atoms with Gasteiger partial charge >= 0.3 is 0 Å². The van der Waals surface area contributed by atoms with Gasteiger partial charge in [-0.2, -0.15) is 0 Å². The molecule has 1 N–H and O–H groups in total. The van der Waals surface area contributed by atoms with Gasteiger partial charge in [-0.25, -0.2) is 0 Å². The van der Waals surface area contributed by atoms with Gasteiger partial charge in [0, 0.05) is 0 Å². The van der Waals surface area contributed by atoms with Gasteiger partial charge in [0.25, 0.3) is 0 Å². The molecule has 0 radical (unpaired) electrons. The standard InChI is InChI=1S/C15H20O2/c1-3-11-14-12(15(11)16)7-5-9-4-6-10(17-2)8-13(9)14/h4,6,8,11-12,14-16H,3,5,7H2,1-2H3. The molecule has 0 bridgehead atoms. The number of aliphatic hydroxyl groups excluding tert-OH is 1.